The van der Waals surface area contributed by atoms with Crippen LogP contribution in [0.15, 0.2) is 95.4 Å². The maximum Gasteiger partial charge on any atom is 0.209 e. The molecule has 2 aliphatic heterocycles. The van der Waals surface area contributed by atoms with Crippen LogP contribution in [0.5, 0.6) is 5.75 Å². The molecular formula is C32H25N4O2+. The molecule has 0 saturated heterocycles. The lowest BCUT2D eigenvalue weighted by Gasteiger charge is -2.30. The molecule has 0 radical (unpaired) electrons. The zero-order valence-corrected chi connectivity index (χ0v) is 21.6. The van der Waals surface area contributed by atoms with Crippen molar-refractivity contribution >= 4 is 33.6 Å². The first-order valence-corrected chi connectivity index (χ1v) is 12.4. The number of allylic oxidation sites excluding steroid dienone is 5. The summed E-state index contributed by atoms with van der Waals surface area (Å²) in [4.78, 5) is 15.5. The highest BCUT2D eigenvalue weighted by Crippen LogP contribution is 2.46. The number of nitrogens with zero attached hydrogens (tertiary/aromatic N) is 4. The lowest BCUT2D eigenvalue weighted by molar-refractivity contribution is -0.401. The van der Waals surface area contributed by atoms with Gasteiger partial charge in [-0.3, -0.25) is 4.79 Å². The van der Waals surface area contributed by atoms with Crippen LogP contribution in [0.4, 0.5) is 11.4 Å². The summed E-state index contributed by atoms with van der Waals surface area (Å²) in [5, 5.41) is 21.7. The Morgan fingerprint density at radius 2 is 1.71 bits per heavy atom. The lowest BCUT2D eigenvalue weighted by Crippen LogP contribution is -2.36. The third-order valence-corrected chi connectivity index (χ3v) is 7.91. The molecule has 3 aromatic carbocycles. The molecule has 6 nitrogen and oxygen atoms in total. The van der Waals surface area contributed by atoms with Crippen molar-refractivity contribution in [2.75, 3.05) is 19.0 Å². The Balaban J connectivity index is 1.41. The topological polar surface area (TPSA) is 80.1 Å². The van der Waals surface area contributed by atoms with Crippen molar-refractivity contribution in [3.05, 3.63) is 101 Å². The number of carbonyl (C=O) groups is 1. The summed E-state index contributed by atoms with van der Waals surface area (Å²) in [6.07, 6.45) is 3.57. The van der Waals surface area contributed by atoms with Gasteiger partial charge in [0.1, 0.15) is 24.8 Å². The van der Waals surface area contributed by atoms with Gasteiger partial charge in [0.2, 0.25) is 5.69 Å². The number of rotatable bonds is 2. The van der Waals surface area contributed by atoms with E-state index in [-0.39, 0.29) is 16.8 Å². The van der Waals surface area contributed by atoms with Crippen LogP contribution in [0.2, 0.25) is 0 Å². The summed E-state index contributed by atoms with van der Waals surface area (Å²) in [5.41, 5.74) is 4.52. The number of ether oxygens (including phenoxy) is 1. The average Bonchev–Trinajstić information content (AvgIpc) is 3.33. The number of nitriles is 2. The quantitative estimate of drug-likeness (QED) is 0.258. The Hall–Kier alpha value is -4.94. The molecule has 1 unspecified atom stereocenters. The number of fused-ring (bicyclic) bond motifs is 3. The molecule has 1 aliphatic carbocycles. The average molecular weight is 498 g/mol. The largest absolute Gasteiger partial charge is 0.439 e. The van der Waals surface area contributed by atoms with Gasteiger partial charge in [-0.1, -0.05) is 42.5 Å². The van der Waals surface area contributed by atoms with Crippen LogP contribution < -0.4 is 9.64 Å². The molecule has 0 amide bonds. The summed E-state index contributed by atoms with van der Waals surface area (Å²) in [7, 11) is 3.86. The van der Waals surface area contributed by atoms with E-state index in [1.807, 2.05) is 79.7 Å². The molecule has 2 heterocycles. The molecule has 1 saturated carbocycles. The van der Waals surface area contributed by atoms with Crippen molar-refractivity contribution in [2.24, 2.45) is 5.92 Å². The highest BCUT2D eigenvalue weighted by atomic mass is 16.5. The van der Waals surface area contributed by atoms with E-state index < -0.39 is 5.92 Å². The van der Waals surface area contributed by atoms with Gasteiger partial charge >= 0.3 is 0 Å². The molecule has 184 valence electrons. The molecule has 1 atom stereocenters. The molecule has 6 heteroatoms. The van der Waals surface area contributed by atoms with Crippen LogP contribution in [-0.2, 0) is 10.2 Å². The molecule has 0 aromatic heterocycles. The third-order valence-electron chi connectivity index (χ3n) is 7.91. The predicted octanol–water partition coefficient (Wildman–Crippen LogP) is 5.69. The smallest absolute Gasteiger partial charge is 0.209 e. The minimum Gasteiger partial charge on any atom is -0.439 e. The second-order valence-electron chi connectivity index (χ2n) is 10.3. The fourth-order valence-corrected chi connectivity index (χ4v) is 5.80. The number of carbonyl (C=O) groups excluding carboxylic acids is 1. The van der Waals surface area contributed by atoms with Crippen LogP contribution in [0.1, 0.15) is 19.4 Å². The molecule has 0 spiro atoms. The van der Waals surface area contributed by atoms with Crippen LogP contribution in [0.3, 0.4) is 0 Å². The molecule has 3 aliphatic rings. The van der Waals surface area contributed by atoms with Gasteiger partial charge in [0, 0.05) is 35.9 Å². The SMILES string of the molecule is CN1/C(=C/C2C(=O)/C(=C\C3=[N+](C)c4ccccc4C3(C)C)C2=C(C#N)C#N)Oc2cc3ccccc3cc21. The normalized spacial score (nSPS) is 21.2. The van der Waals surface area contributed by atoms with E-state index in [0.29, 0.717) is 22.8 Å². The summed E-state index contributed by atoms with van der Waals surface area (Å²) in [5.74, 6) is 0.323. The first-order valence-electron chi connectivity index (χ1n) is 12.4. The summed E-state index contributed by atoms with van der Waals surface area (Å²) in [6, 6.07) is 24.2. The molecule has 38 heavy (non-hydrogen) atoms. The number of para-hydroxylation sites is 1. The Morgan fingerprint density at radius 1 is 1.05 bits per heavy atom. The van der Waals surface area contributed by atoms with Crippen molar-refractivity contribution in [1.82, 2.24) is 0 Å². The Kier molecular flexibility index (Phi) is 5.12. The maximum absolute atomic E-state index is 13.6. The summed E-state index contributed by atoms with van der Waals surface area (Å²) >= 11 is 0. The lowest BCUT2D eigenvalue weighted by atomic mass is 9.69. The number of anilines is 1. The second kappa shape index (κ2) is 8.30. The monoisotopic (exact) mass is 497 g/mol. The number of benzene rings is 3. The number of ketones is 1. The molecular weight excluding hydrogens is 472 g/mol. The second-order valence-corrected chi connectivity index (χ2v) is 10.3. The molecule has 3 aromatic rings. The van der Waals surface area contributed by atoms with Gasteiger partial charge in [-0.05, 0) is 42.8 Å². The van der Waals surface area contributed by atoms with Crippen LogP contribution in [0, 0.1) is 28.6 Å². The van der Waals surface area contributed by atoms with Crippen molar-refractivity contribution in [1.29, 1.82) is 10.5 Å². The Bertz CT molecular complexity index is 1770. The molecule has 0 N–H and O–H groups in total. The van der Waals surface area contributed by atoms with Crippen LogP contribution >= 0.6 is 0 Å². The van der Waals surface area contributed by atoms with Gasteiger partial charge in [-0.2, -0.15) is 15.1 Å². The minimum absolute atomic E-state index is 0.0572. The van der Waals surface area contributed by atoms with E-state index in [2.05, 4.69) is 36.6 Å². The number of hydrogen-bond donors (Lipinski definition) is 0. The minimum atomic E-state index is -0.741. The van der Waals surface area contributed by atoms with Crippen molar-refractivity contribution < 1.29 is 14.1 Å². The van der Waals surface area contributed by atoms with Crippen LogP contribution in [0.25, 0.3) is 10.8 Å². The highest BCUT2D eigenvalue weighted by molar-refractivity contribution is 6.19. The van der Waals surface area contributed by atoms with E-state index in [1.165, 1.54) is 0 Å². The summed E-state index contributed by atoms with van der Waals surface area (Å²) in [6.45, 7) is 4.23. The molecule has 1 fully saturated rings. The fraction of sp³-hybridized carbons (Fsp3) is 0.188. The summed E-state index contributed by atoms with van der Waals surface area (Å²) < 4.78 is 8.23. The van der Waals surface area contributed by atoms with E-state index >= 15 is 0 Å². The van der Waals surface area contributed by atoms with Crippen molar-refractivity contribution in [3.63, 3.8) is 0 Å². The van der Waals surface area contributed by atoms with Gasteiger partial charge in [0.15, 0.2) is 23.1 Å². The fourth-order valence-electron chi connectivity index (χ4n) is 5.80. The van der Waals surface area contributed by atoms with Crippen molar-refractivity contribution in [2.45, 2.75) is 19.3 Å². The van der Waals surface area contributed by atoms with Crippen molar-refractivity contribution in [3.8, 4) is 17.9 Å². The first-order chi connectivity index (χ1) is 18.3. The van der Waals surface area contributed by atoms with E-state index in [4.69, 9.17) is 4.74 Å². The van der Waals surface area contributed by atoms with Gasteiger partial charge in [0.25, 0.3) is 0 Å². The van der Waals surface area contributed by atoms with E-state index in [1.54, 1.807) is 6.08 Å². The predicted molar refractivity (Wildman–Crippen MR) is 146 cm³/mol. The third kappa shape index (κ3) is 3.24. The Labute approximate surface area is 221 Å². The van der Waals surface area contributed by atoms with Gasteiger partial charge in [0.05, 0.1) is 17.0 Å². The number of Topliss-reactive ketones (excluding diaryl/α,β-unsaturated/α-hetero) is 1. The van der Waals surface area contributed by atoms with Gasteiger partial charge < -0.3 is 9.64 Å². The van der Waals surface area contributed by atoms with E-state index in [0.717, 1.165) is 33.4 Å². The van der Waals surface area contributed by atoms with Gasteiger partial charge in [-0.25, -0.2) is 0 Å². The maximum atomic E-state index is 13.6. The van der Waals surface area contributed by atoms with Crippen LogP contribution in [-0.4, -0.2) is 30.2 Å². The highest BCUT2D eigenvalue weighted by Gasteiger charge is 2.47. The zero-order chi connectivity index (χ0) is 26.8. The molecule has 6 rings (SSSR count). The zero-order valence-electron chi connectivity index (χ0n) is 21.6. The molecule has 0 bridgehead atoms. The number of hydrogen-bond acceptors (Lipinski definition) is 5. The Morgan fingerprint density at radius 3 is 2.39 bits per heavy atom. The first kappa shape index (κ1) is 23.5. The standard InChI is InChI=1S/C32H25N4O2/c1-32(2)24-11-7-8-12-25(24)35(3)28(32)15-22-30(21(17-33)18-34)23(31(22)37)16-29-36(4)26-13-19-9-5-6-10-20(19)14-27(26)38-29/h5-16,23H,1-4H3/q+1/b22-15-,29-16-. The van der Waals surface area contributed by atoms with E-state index in [9.17, 15) is 15.3 Å². The van der Waals surface area contributed by atoms with Gasteiger partial charge in [-0.15, -0.1) is 0 Å².